The molecule has 1 aromatic rings. The molecule has 1 amide bonds. The molecule has 0 bridgehead atoms. The number of ether oxygens (including phenoxy) is 2. The van der Waals surface area contributed by atoms with Crippen LogP contribution in [0.15, 0.2) is 17.1 Å². The smallest absolute Gasteiger partial charge is 0.222 e. The largest absolute Gasteiger partial charge is 0.493 e. The number of amides is 1. The summed E-state index contributed by atoms with van der Waals surface area (Å²) in [5.74, 6) is 3.13. The Labute approximate surface area is 204 Å². The van der Waals surface area contributed by atoms with Gasteiger partial charge in [0.1, 0.15) is 0 Å². The first kappa shape index (κ1) is 27.3. The molecule has 0 spiro atoms. The van der Waals surface area contributed by atoms with Crippen LogP contribution < -0.4 is 20.1 Å². The number of hydrogen-bond donors (Lipinski definition) is 2. The third kappa shape index (κ3) is 8.74. The number of carbonyl (C=O) groups is 1. The normalized spacial score (nSPS) is 13.4. The van der Waals surface area contributed by atoms with Crippen LogP contribution in [0.5, 0.6) is 11.5 Å². The lowest BCUT2D eigenvalue weighted by molar-refractivity contribution is -0.132. The molecule has 2 rings (SSSR count). The molecule has 0 saturated carbocycles. The Bertz CT molecular complexity index is 725. The molecule has 1 aliphatic heterocycles. The van der Waals surface area contributed by atoms with E-state index in [0.717, 1.165) is 56.2 Å². The third-order valence-corrected chi connectivity index (χ3v) is 5.25. The Balaban J connectivity index is 0.00000480. The highest BCUT2D eigenvalue weighted by Gasteiger charge is 2.22. The molecule has 0 unspecified atom stereocenters. The van der Waals surface area contributed by atoms with Crippen LogP contribution in [0, 0.1) is 5.92 Å². The lowest BCUT2D eigenvalue weighted by atomic mass is 9.98. The molecule has 0 aliphatic carbocycles. The number of halogens is 1. The monoisotopic (exact) mass is 546 g/mol. The van der Waals surface area contributed by atoms with Gasteiger partial charge in [0.15, 0.2) is 17.5 Å². The predicted molar refractivity (Wildman–Crippen MR) is 137 cm³/mol. The van der Waals surface area contributed by atoms with E-state index in [1.54, 1.807) is 14.2 Å². The number of hydrogen-bond acceptors (Lipinski definition) is 4. The number of rotatable bonds is 10. The topological polar surface area (TPSA) is 75.2 Å². The summed E-state index contributed by atoms with van der Waals surface area (Å²) in [6, 6.07) is 4.02. The zero-order chi connectivity index (χ0) is 21.9. The van der Waals surface area contributed by atoms with Crippen molar-refractivity contribution in [2.75, 3.05) is 40.4 Å². The van der Waals surface area contributed by atoms with Gasteiger partial charge in [-0.25, -0.2) is 0 Å². The molecule has 176 valence electrons. The van der Waals surface area contributed by atoms with Crippen LogP contribution in [0.25, 0.3) is 0 Å². The maximum Gasteiger partial charge on any atom is 0.222 e. The van der Waals surface area contributed by atoms with Crippen LogP contribution in [0.1, 0.15) is 51.2 Å². The quantitative estimate of drug-likeness (QED) is 0.203. The van der Waals surface area contributed by atoms with Gasteiger partial charge in [0.05, 0.1) is 14.2 Å². The minimum Gasteiger partial charge on any atom is -0.493 e. The van der Waals surface area contributed by atoms with E-state index in [9.17, 15) is 4.79 Å². The Morgan fingerprint density at radius 2 is 1.84 bits per heavy atom. The summed E-state index contributed by atoms with van der Waals surface area (Å²) < 4.78 is 10.8. The summed E-state index contributed by atoms with van der Waals surface area (Å²) in [4.78, 5) is 19.2. The van der Waals surface area contributed by atoms with Crippen molar-refractivity contribution in [2.45, 2.75) is 53.0 Å². The maximum atomic E-state index is 12.7. The number of guanidine groups is 1. The zero-order valence-corrected chi connectivity index (χ0v) is 22.0. The van der Waals surface area contributed by atoms with E-state index in [2.05, 4.69) is 36.4 Å². The average Bonchev–Trinajstić information content (AvgIpc) is 2.74. The summed E-state index contributed by atoms with van der Waals surface area (Å²) in [6.45, 7) is 10.2. The predicted octanol–water partition coefficient (Wildman–Crippen LogP) is 3.59. The van der Waals surface area contributed by atoms with Crippen LogP contribution in [-0.4, -0.2) is 57.2 Å². The first-order valence-electron chi connectivity index (χ1n) is 11.0. The fourth-order valence-corrected chi connectivity index (χ4v) is 3.50. The van der Waals surface area contributed by atoms with Gasteiger partial charge < -0.3 is 25.0 Å². The lowest BCUT2D eigenvalue weighted by Gasteiger charge is -2.29. The molecule has 0 atom stereocenters. The second-order valence-corrected chi connectivity index (χ2v) is 8.01. The Morgan fingerprint density at radius 1 is 1.16 bits per heavy atom. The van der Waals surface area contributed by atoms with E-state index in [4.69, 9.17) is 9.47 Å². The van der Waals surface area contributed by atoms with E-state index in [1.165, 1.54) is 5.56 Å². The fraction of sp³-hybridized carbons (Fsp3) is 0.652. The second kappa shape index (κ2) is 14.4. The summed E-state index contributed by atoms with van der Waals surface area (Å²) in [6.07, 6.45) is 3.20. The van der Waals surface area contributed by atoms with Gasteiger partial charge in [-0.15, -0.1) is 24.0 Å². The Morgan fingerprint density at radius 3 is 2.45 bits per heavy atom. The second-order valence-electron chi connectivity index (χ2n) is 8.01. The molecule has 0 radical (unpaired) electrons. The lowest BCUT2D eigenvalue weighted by Crippen LogP contribution is -2.38. The molecular weight excluding hydrogens is 507 g/mol. The number of nitrogens with zero attached hydrogens (tertiary/aromatic N) is 2. The molecule has 1 aliphatic rings. The molecule has 1 aromatic carbocycles. The summed E-state index contributed by atoms with van der Waals surface area (Å²) in [7, 11) is 3.28. The van der Waals surface area contributed by atoms with Crippen molar-refractivity contribution in [3.63, 3.8) is 0 Å². The van der Waals surface area contributed by atoms with Crippen molar-refractivity contribution >= 4 is 35.8 Å². The zero-order valence-electron chi connectivity index (χ0n) is 19.6. The van der Waals surface area contributed by atoms with Gasteiger partial charge in [-0.05, 0) is 55.4 Å². The van der Waals surface area contributed by atoms with Crippen LogP contribution >= 0.6 is 24.0 Å². The van der Waals surface area contributed by atoms with Crippen LogP contribution in [-0.2, 0) is 17.8 Å². The van der Waals surface area contributed by atoms with E-state index >= 15 is 0 Å². The minimum absolute atomic E-state index is 0. The van der Waals surface area contributed by atoms with Crippen LogP contribution in [0.3, 0.4) is 0 Å². The average molecular weight is 546 g/mol. The van der Waals surface area contributed by atoms with Crippen molar-refractivity contribution in [2.24, 2.45) is 10.9 Å². The van der Waals surface area contributed by atoms with Gasteiger partial charge in [-0.3, -0.25) is 9.79 Å². The molecule has 2 N–H and O–H groups in total. The number of fused-ring (bicyclic) bond motifs is 1. The first-order valence-corrected chi connectivity index (χ1v) is 11.0. The molecule has 8 heteroatoms. The molecule has 0 fully saturated rings. The van der Waals surface area contributed by atoms with Gasteiger partial charge in [-0.2, -0.15) is 0 Å². The Hall–Kier alpha value is -1.71. The summed E-state index contributed by atoms with van der Waals surface area (Å²) >= 11 is 0. The van der Waals surface area contributed by atoms with Gasteiger partial charge >= 0.3 is 0 Å². The summed E-state index contributed by atoms with van der Waals surface area (Å²) in [5.41, 5.74) is 2.36. The highest BCUT2D eigenvalue weighted by Crippen LogP contribution is 2.33. The number of methoxy groups -OCH3 is 2. The van der Waals surface area contributed by atoms with Crippen molar-refractivity contribution < 1.29 is 14.3 Å². The molecule has 7 nitrogen and oxygen atoms in total. The number of aliphatic imine (C=N–C) groups is 1. The first-order chi connectivity index (χ1) is 14.5. The van der Waals surface area contributed by atoms with E-state index in [0.29, 0.717) is 31.2 Å². The van der Waals surface area contributed by atoms with Crippen molar-refractivity contribution in [3.05, 3.63) is 23.3 Å². The Kier molecular flexibility index (Phi) is 12.7. The van der Waals surface area contributed by atoms with Crippen LogP contribution in [0.4, 0.5) is 0 Å². The molecule has 0 aromatic heterocycles. The number of nitrogens with one attached hydrogen (secondary N) is 2. The van der Waals surface area contributed by atoms with E-state index < -0.39 is 0 Å². The molecular formula is C23H39IN4O3. The standard InChI is InChI=1S/C23H38N4O3.HI/c1-6-24-23(26-12-9-17(2)3)25-11-7-8-22(28)27-13-10-18-14-20(29-4)21(30-5)15-19(18)16-27;/h14-15,17H,6-13,16H2,1-5H3,(H2,24,25,26);1H. The number of carbonyl (C=O) groups excluding carboxylic acids is 1. The summed E-state index contributed by atoms with van der Waals surface area (Å²) in [5, 5.41) is 6.62. The highest BCUT2D eigenvalue weighted by molar-refractivity contribution is 14.0. The highest BCUT2D eigenvalue weighted by atomic mass is 127. The fourth-order valence-electron chi connectivity index (χ4n) is 3.50. The van der Waals surface area contributed by atoms with Gasteiger partial charge in [-0.1, -0.05) is 13.8 Å². The molecule has 1 heterocycles. The van der Waals surface area contributed by atoms with E-state index in [-0.39, 0.29) is 29.9 Å². The van der Waals surface area contributed by atoms with Crippen molar-refractivity contribution in [3.8, 4) is 11.5 Å². The van der Waals surface area contributed by atoms with Crippen molar-refractivity contribution in [1.82, 2.24) is 15.5 Å². The molecule has 31 heavy (non-hydrogen) atoms. The van der Waals surface area contributed by atoms with Gasteiger partial charge in [0, 0.05) is 39.1 Å². The number of benzene rings is 1. The van der Waals surface area contributed by atoms with Gasteiger partial charge in [0.2, 0.25) is 5.91 Å². The molecule has 0 saturated heterocycles. The third-order valence-electron chi connectivity index (χ3n) is 5.25. The maximum absolute atomic E-state index is 12.7. The van der Waals surface area contributed by atoms with E-state index in [1.807, 2.05) is 17.0 Å². The van der Waals surface area contributed by atoms with Crippen molar-refractivity contribution in [1.29, 1.82) is 0 Å². The SMILES string of the molecule is CCNC(=NCCCC(=O)N1CCc2cc(OC)c(OC)cc2C1)NCCC(C)C.I. The minimum atomic E-state index is 0. The van der Waals surface area contributed by atoms with Gasteiger partial charge in [0.25, 0.3) is 0 Å². The van der Waals surface area contributed by atoms with Crippen LogP contribution in [0.2, 0.25) is 0 Å².